The van der Waals surface area contributed by atoms with Crippen LogP contribution in [0.2, 0.25) is 0 Å². The van der Waals surface area contributed by atoms with E-state index in [9.17, 15) is 9.59 Å². The van der Waals surface area contributed by atoms with Crippen LogP contribution in [-0.2, 0) is 11.3 Å². The average Bonchev–Trinajstić information content (AvgIpc) is 3.10. The number of hydrogen-bond donors (Lipinski definition) is 0. The quantitative estimate of drug-likeness (QED) is 0.510. The summed E-state index contributed by atoms with van der Waals surface area (Å²) in [6, 6.07) is 14.1. The Labute approximate surface area is 156 Å². The minimum Gasteiger partial charge on any atom is -0.427 e. The Morgan fingerprint density at radius 1 is 1.15 bits per heavy atom. The molecule has 27 heavy (non-hydrogen) atoms. The Hall–Kier alpha value is -3.48. The van der Waals surface area contributed by atoms with Crippen LogP contribution >= 0.6 is 0 Å². The van der Waals surface area contributed by atoms with Gasteiger partial charge in [-0.3, -0.25) is 9.59 Å². The van der Waals surface area contributed by atoms with E-state index in [1.807, 2.05) is 31.2 Å². The Bertz CT molecular complexity index is 963. The monoisotopic (exact) mass is 365 g/mol. The second-order valence-corrected chi connectivity index (χ2v) is 6.16. The van der Waals surface area contributed by atoms with Gasteiger partial charge >= 0.3 is 5.97 Å². The first-order valence-electron chi connectivity index (χ1n) is 8.36. The third-order valence-electron chi connectivity index (χ3n) is 3.83. The van der Waals surface area contributed by atoms with Gasteiger partial charge in [-0.1, -0.05) is 28.9 Å². The molecular formula is C20H19N3O4. The number of nitrogens with zero attached hydrogens (tertiary/aromatic N) is 3. The molecule has 0 aliphatic heterocycles. The van der Waals surface area contributed by atoms with Gasteiger partial charge < -0.3 is 14.2 Å². The lowest BCUT2D eigenvalue weighted by atomic mass is 10.1. The van der Waals surface area contributed by atoms with Crippen molar-refractivity contribution in [2.75, 3.05) is 7.05 Å². The molecule has 0 radical (unpaired) electrons. The van der Waals surface area contributed by atoms with Crippen LogP contribution in [-0.4, -0.2) is 34.0 Å². The van der Waals surface area contributed by atoms with Crippen molar-refractivity contribution in [3.05, 3.63) is 65.5 Å². The summed E-state index contributed by atoms with van der Waals surface area (Å²) in [5, 5.41) is 3.98. The molecule has 1 amide bonds. The molecule has 0 unspecified atom stereocenters. The van der Waals surface area contributed by atoms with Crippen LogP contribution in [0.3, 0.4) is 0 Å². The summed E-state index contributed by atoms with van der Waals surface area (Å²) in [5.74, 6) is 0.604. The molecule has 0 aliphatic carbocycles. The summed E-state index contributed by atoms with van der Waals surface area (Å²) < 4.78 is 10.2. The molecule has 1 aromatic heterocycles. The van der Waals surface area contributed by atoms with Crippen LogP contribution in [0.25, 0.3) is 11.4 Å². The zero-order chi connectivity index (χ0) is 19.4. The molecule has 2 aromatic carbocycles. The number of esters is 1. The first kappa shape index (κ1) is 18.3. The van der Waals surface area contributed by atoms with Crippen LogP contribution in [0.4, 0.5) is 0 Å². The number of aromatic nitrogens is 2. The standard InChI is InChI=1S/C20H19N3O4/c1-13-5-4-6-16(11-13)19-21-18(27-22-19)12-23(3)20(25)15-7-9-17(10-8-15)26-14(2)24/h4-11H,12H2,1-3H3. The molecule has 0 saturated carbocycles. The maximum Gasteiger partial charge on any atom is 0.308 e. The molecule has 7 heteroatoms. The highest BCUT2D eigenvalue weighted by Crippen LogP contribution is 2.18. The van der Waals surface area contributed by atoms with E-state index in [-0.39, 0.29) is 12.5 Å². The number of benzene rings is 2. The number of carbonyl (C=O) groups excluding carboxylic acids is 2. The Morgan fingerprint density at radius 3 is 2.56 bits per heavy atom. The minimum absolute atomic E-state index is 0.184. The fourth-order valence-electron chi connectivity index (χ4n) is 2.55. The third-order valence-corrected chi connectivity index (χ3v) is 3.83. The molecule has 138 valence electrons. The van der Waals surface area contributed by atoms with E-state index >= 15 is 0 Å². The van der Waals surface area contributed by atoms with E-state index in [0.717, 1.165) is 11.1 Å². The summed E-state index contributed by atoms with van der Waals surface area (Å²) >= 11 is 0. The topological polar surface area (TPSA) is 85.5 Å². The van der Waals surface area contributed by atoms with Gasteiger partial charge in [-0.25, -0.2) is 0 Å². The molecule has 0 atom stereocenters. The van der Waals surface area contributed by atoms with Crippen LogP contribution in [0, 0.1) is 6.92 Å². The van der Waals surface area contributed by atoms with Crippen molar-refractivity contribution < 1.29 is 18.8 Å². The summed E-state index contributed by atoms with van der Waals surface area (Å²) in [5.41, 5.74) is 2.43. The maximum absolute atomic E-state index is 12.5. The van der Waals surface area contributed by atoms with E-state index in [1.165, 1.54) is 11.8 Å². The third kappa shape index (κ3) is 4.58. The Morgan fingerprint density at radius 2 is 1.89 bits per heavy atom. The van der Waals surface area contributed by atoms with E-state index in [0.29, 0.717) is 23.0 Å². The molecule has 0 spiro atoms. The number of ether oxygens (including phenoxy) is 1. The second-order valence-electron chi connectivity index (χ2n) is 6.16. The van der Waals surface area contributed by atoms with E-state index in [2.05, 4.69) is 10.1 Å². The van der Waals surface area contributed by atoms with Gasteiger partial charge in [-0.15, -0.1) is 0 Å². The normalized spacial score (nSPS) is 10.5. The highest BCUT2D eigenvalue weighted by molar-refractivity contribution is 5.94. The molecule has 7 nitrogen and oxygen atoms in total. The van der Waals surface area contributed by atoms with Crippen molar-refractivity contribution in [3.63, 3.8) is 0 Å². The Balaban J connectivity index is 1.67. The smallest absolute Gasteiger partial charge is 0.308 e. The lowest BCUT2D eigenvalue weighted by Gasteiger charge is -2.14. The molecule has 0 bridgehead atoms. The maximum atomic E-state index is 12.5. The number of aryl methyl sites for hydroxylation is 1. The van der Waals surface area contributed by atoms with Crippen molar-refractivity contribution >= 4 is 11.9 Å². The molecule has 0 aliphatic rings. The van der Waals surface area contributed by atoms with Crippen LogP contribution in [0.5, 0.6) is 5.75 Å². The molecule has 0 saturated heterocycles. The van der Waals surface area contributed by atoms with Gasteiger partial charge in [0.15, 0.2) is 0 Å². The van der Waals surface area contributed by atoms with Gasteiger partial charge in [-0.2, -0.15) is 4.98 Å². The second kappa shape index (κ2) is 7.82. The van der Waals surface area contributed by atoms with Crippen molar-refractivity contribution in [1.82, 2.24) is 15.0 Å². The molecule has 0 fully saturated rings. The number of amides is 1. The predicted molar refractivity (Wildman–Crippen MR) is 98.0 cm³/mol. The zero-order valence-electron chi connectivity index (χ0n) is 15.3. The first-order valence-corrected chi connectivity index (χ1v) is 8.36. The van der Waals surface area contributed by atoms with Gasteiger partial charge in [0.25, 0.3) is 5.91 Å². The van der Waals surface area contributed by atoms with Crippen LogP contribution in [0.15, 0.2) is 53.1 Å². The van der Waals surface area contributed by atoms with Gasteiger partial charge in [0, 0.05) is 25.1 Å². The first-order chi connectivity index (χ1) is 12.9. The molecule has 3 aromatic rings. The largest absolute Gasteiger partial charge is 0.427 e. The highest BCUT2D eigenvalue weighted by Gasteiger charge is 2.16. The summed E-state index contributed by atoms with van der Waals surface area (Å²) in [6.45, 7) is 3.50. The van der Waals surface area contributed by atoms with Crippen molar-refractivity contribution in [2.24, 2.45) is 0 Å². The van der Waals surface area contributed by atoms with Gasteiger partial charge in [0.2, 0.25) is 11.7 Å². The van der Waals surface area contributed by atoms with Crippen LogP contribution in [0.1, 0.15) is 28.7 Å². The number of hydrogen-bond acceptors (Lipinski definition) is 6. The lowest BCUT2D eigenvalue weighted by Crippen LogP contribution is -2.26. The zero-order valence-corrected chi connectivity index (χ0v) is 15.3. The van der Waals surface area contributed by atoms with E-state index in [4.69, 9.17) is 9.26 Å². The fraction of sp³-hybridized carbons (Fsp3) is 0.200. The van der Waals surface area contributed by atoms with Crippen LogP contribution < -0.4 is 4.74 Å². The van der Waals surface area contributed by atoms with Crippen molar-refractivity contribution in [1.29, 1.82) is 0 Å². The van der Waals surface area contributed by atoms with Gasteiger partial charge in [0.1, 0.15) is 5.75 Å². The van der Waals surface area contributed by atoms with E-state index < -0.39 is 5.97 Å². The summed E-state index contributed by atoms with van der Waals surface area (Å²) in [6.07, 6.45) is 0. The Kier molecular flexibility index (Phi) is 5.30. The van der Waals surface area contributed by atoms with Gasteiger partial charge in [0.05, 0.1) is 6.54 Å². The van der Waals surface area contributed by atoms with Gasteiger partial charge in [-0.05, 0) is 37.3 Å². The molecule has 1 heterocycles. The van der Waals surface area contributed by atoms with Crippen molar-refractivity contribution in [2.45, 2.75) is 20.4 Å². The van der Waals surface area contributed by atoms with E-state index in [1.54, 1.807) is 31.3 Å². The van der Waals surface area contributed by atoms with Crippen molar-refractivity contribution in [3.8, 4) is 17.1 Å². The predicted octanol–water partition coefficient (Wildman–Crippen LogP) is 3.24. The number of carbonyl (C=O) groups is 2. The molecule has 3 rings (SSSR count). The molecular weight excluding hydrogens is 346 g/mol. The lowest BCUT2D eigenvalue weighted by molar-refractivity contribution is -0.131. The fourth-order valence-corrected chi connectivity index (χ4v) is 2.55. The minimum atomic E-state index is -0.410. The summed E-state index contributed by atoms with van der Waals surface area (Å²) in [7, 11) is 1.65. The average molecular weight is 365 g/mol. The number of rotatable bonds is 5. The SMILES string of the molecule is CC(=O)Oc1ccc(C(=O)N(C)Cc2nc(-c3cccc(C)c3)no2)cc1. The molecule has 0 N–H and O–H groups in total. The summed E-state index contributed by atoms with van der Waals surface area (Å²) in [4.78, 5) is 29.3. The highest BCUT2D eigenvalue weighted by atomic mass is 16.5.